The molecule has 5 nitrogen and oxygen atoms in total. The van der Waals surface area contributed by atoms with Gasteiger partial charge in [0.2, 0.25) is 5.82 Å². The van der Waals surface area contributed by atoms with Gasteiger partial charge in [0, 0.05) is 19.1 Å². The first kappa shape index (κ1) is 14.3. The molecule has 0 radical (unpaired) electrons. The number of nitrogens with zero attached hydrogens (tertiary/aromatic N) is 2. The highest BCUT2D eigenvalue weighted by atomic mass is 35.5. The lowest BCUT2D eigenvalue weighted by Crippen LogP contribution is -2.39. The summed E-state index contributed by atoms with van der Waals surface area (Å²) >= 11 is 5.42. The summed E-state index contributed by atoms with van der Waals surface area (Å²) in [4.78, 5) is 27.8. The fraction of sp³-hybridized carbons (Fsp3) is 0.667. The Morgan fingerprint density at radius 2 is 2.16 bits per heavy atom. The molecule has 2 rings (SSSR count). The van der Waals surface area contributed by atoms with E-state index in [-0.39, 0.29) is 12.5 Å². The fourth-order valence-corrected chi connectivity index (χ4v) is 2.59. The zero-order valence-electron chi connectivity index (χ0n) is 10.9. The first-order chi connectivity index (χ1) is 8.90. The van der Waals surface area contributed by atoms with Gasteiger partial charge in [-0.15, -0.1) is 0 Å². The summed E-state index contributed by atoms with van der Waals surface area (Å²) in [7, 11) is 0. The van der Waals surface area contributed by atoms with E-state index in [2.05, 4.69) is 23.7 Å². The van der Waals surface area contributed by atoms with Crippen molar-refractivity contribution in [2.45, 2.75) is 32.9 Å². The number of nitrogens with one attached hydrogen (secondary N) is 1. The smallest absolute Gasteiger partial charge is 0.301 e. The van der Waals surface area contributed by atoms with Crippen molar-refractivity contribution in [1.29, 1.82) is 0 Å². The van der Waals surface area contributed by atoms with Crippen LogP contribution in [0.1, 0.15) is 20.3 Å². The highest BCUT2D eigenvalue weighted by Gasteiger charge is 2.26. The van der Waals surface area contributed by atoms with Gasteiger partial charge in [0.25, 0.3) is 5.56 Å². The van der Waals surface area contributed by atoms with E-state index in [9.17, 15) is 14.0 Å². The maximum Gasteiger partial charge on any atom is 0.329 e. The predicted molar refractivity (Wildman–Crippen MR) is 71.1 cm³/mol. The first-order valence-corrected chi connectivity index (χ1v) is 6.70. The third-order valence-electron chi connectivity index (χ3n) is 3.58. The van der Waals surface area contributed by atoms with Crippen LogP contribution in [-0.4, -0.2) is 33.6 Å². The highest BCUT2D eigenvalue weighted by molar-refractivity contribution is 6.29. The van der Waals surface area contributed by atoms with Crippen molar-refractivity contribution in [3.63, 3.8) is 0 Å². The van der Waals surface area contributed by atoms with E-state index in [4.69, 9.17) is 11.6 Å². The molecule has 7 heteroatoms. The average molecular weight is 290 g/mol. The van der Waals surface area contributed by atoms with Gasteiger partial charge >= 0.3 is 5.69 Å². The summed E-state index contributed by atoms with van der Waals surface area (Å²) in [5.41, 5.74) is -1.60. The van der Waals surface area contributed by atoms with E-state index in [1.54, 1.807) is 0 Å². The molecular formula is C12H17ClFN3O2. The molecule has 1 aliphatic heterocycles. The molecule has 0 bridgehead atoms. The van der Waals surface area contributed by atoms with Gasteiger partial charge in [-0.3, -0.25) is 14.3 Å². The number of aromatic amines is 1. The topological polar surface area (TPSA) is 58.1 Å². The monoisotopic (exact) mass is 289 g/mol. The van der Waals surface area contributed by atoms with Gasteiger partial charge in [-0.25, -0.2) is 4.79 Å². The van der Waals surface area contributed by atoms with E-state index >= 15 is 0 Å². The minimum Gasteiger partial charge on any atom is -0.301 e. The number of hydrogen-bond acceptors (Lipinski definition) is 3. The van der Waals surface area contributed by atoms with Crippen molar-refractivity contribution in [1.82, 2.24) is 14.5 Å². The van der Waals surface area contributed by atoms with Crippen LogP contribution >= 0.6 is 11.6 Å². The summed E-state index contributed by atoms with van der Waals surface area (Å²) in [6.07, 6.45) is 0.897. The van der Waals surface area contributed by atoms with Gasteiger partial charge in [0.15, 0.2) is 5.15 Å². The van der Waals surface area contributed by atoms with Crippen molar-refractivity contribution < 1.29 is 4.39 Å². The molecule has 1 saturated heterocycles. The second-order valence-electron chi connectivity index (χ2n) is 5.22. The minimum absolute atomic E-state index is 0.182. The van der Waals surface area contributed by atoms with E-state index < -0.39 is 22.2 Å². The molecule has 19 heavy (non-hydrogen) atoms. The molecule has 1 aliphatic rings. The van der Waals surface area contributed by atoms with Gasteiger partial charge in [-0.1, -0.05) is 11.6 Å². The summed E-state index contributed by atoms with van der Waals surface area (Å²) in [5.74, 6) is -0.915. The van der Waals surface area contributed by atoms with Crippen LogP contribution in [0.3, 0.4) is 0 Å². The van der Waals surface area contributed by atoms with Gasteiger partial charge < -0.3 is 4.90 Å². The molecule has 1 fully saturated rings. The Hall–Kier alpha value is -1.14. The van der Waals surface area contributed by atoms with Crippen molar-refractivity contribution in [2.24, 2.45) is 5.92 Å². The van der Waals surface area contributed by atoms with E-state index in [0.717, 1.165) is 24.1 Å². The molecule has 0 spiro atoms. The van der Waals surface area contributed by atoms with Crippen molar-refractivity contribution >= 4 is 11.6 Å². The molecular weight excluding hydrogens is 273 g/mol. The van der Waals surface area contributed by atoms with E-state index in [1.165, 1.54) is 0 Å². The normalized spacial score (nSPS) is 20.4. The van der Waals surface area contributed by atoms with Crippen LogP contribution < -0.4 is 11.2 Å². The molecule has 0 amide bonds. The Bertz CT molecular complexity index is 581. The fourth-order valence-electron chi connectivity index (χ4n) is 2.43. The molecule has 1 N–H and O–H groups in total. The largest absolute Gasteiger partial charge is 0.329 e. The first-order valence-electron chi connectivity index (χ1n) is 6.32. The minimum atomic E-state index is -1.10. The van der Waals surface area contributed by atoms with Crippen LogP contribution in [0.2, 0.25) is 5.15 Å². The molecule has 106 valence electrons. The number of hydrogen-bond donors (Lipinski definition) is 1. The summed E-state index contributed by atoms with van der Waals surface area (Å²) < 4.78 is 14.3. The highest BCUT2D eigenvalue weighted by Crippen LogP contribution is 2.19. The van der Waals surface area contributed by atoms with Gasteiger partial charge in [0.1, 0.15) is 0 Å². The molecule has 0 aliphatic carbocycles. The molecule has 0 aromatic carbocycles. The van der Waals surface area contributed by atoms with Crippen molar-refractivity contribution in [3.8, 4) is 0 Å². The molecule has 2 heterocycles. The van der Waals surface area contributed by atoms with Crippen molar-refractivity contribution in [2.75, 3.05) is 13.1 Å². The van der Waals surface area contributed by atoms with E-state index in [0.29, 0.717) is 6.04 Å². The zero-order chi connectivity index (χ0) is 14.2. The second kappa shape index (κ2) is 5.46. The summed E-state index contributed by atoms with van der Waals surface area (Å²) in [6.45, 7) is 6.18. The second-order valence-corrected chi connectivity index (χ2v) is 5.60. The molecule has 1 aromatic rings. The molecule has 1 aromatic heterocycles. The Morgan fingerprint density at radius 1 is 1.47 bits per heavy atom. The SMILES string of the molecule is CC(C)N1CCC(Cn2c(=O)[nH]c(Cl)c(F)c2=O)C1. The molecule has 0 saturated carbocycles. The lowest BCUT2D eigenvalue weighted by Gasteiger charge is -2.20. The molecule has 1 atom stereocenters. The third kappa shape index (κ3) is 2.90. The van der Waals surface area contributed by atoms with Gasteiger partial charge in [0.05, 0.1) is 0 Å². The number of likely N-dealkylation sites (tertiary alicyclic amines) is 1. The van der Waals surface area contributed by atoms with Crippen LogP contribution in [0.15, 0.2) is 9.59 Å². The third-order valence-corrected chi connectivity index (χ3v) is 3.84. The number of halogens is 2. The van der Waals surface area contributed by atoms with Crippen LogP contribution in [-0.2, 0) is 6.54 Å². The van der Waals surface area contributed by atoms with Crippen LogP contribution in [0, 0.1) is 11.7 Å². The summed E-state index contributed by atoms with van der Waals surface area (Å²) in [5, 5.41) is -0.526. The quantitative estimate of drug-likeness (QED) is 0.847. The van der Waals surface area contributed by atoms with Crippen LogP contribution in [0.5, 0.6) is 0 Å². The summed E-state index contributed by atoms with van der Waals surface area (Å²) in [6, 6.07) is 0.432. The lowest BCUT2D eigenvalue weighted by molar-refractivity contribution is 0.259. The maximum atomic E-state index is 13.4. The number of aromatic nitrogens is 2. The van der Waals surface area contributed by atoms with Crippen LogP contribution in [0.25, 0.3) is 0 Å². The Balaban J connectivity index is 2.20. The van der Waals surface area contributed by atoms with Crippen molar-refractivity contribution in [3.05, 3.63) is 31.8 Å². The van der Waals surface area contributed by atoms with Gasteiger partial charge in [-0.05, 0) is 32.7 Å². The standard InChI is InChI=1S/C12H17ClFN3O2/c1-7(2)16-4-3-8(5-16)6-17-11(18)9(14)10(13)15-12(17)19/h7-8H,3-6H2,1-2H3,(H,15,19). The van der Waals surface area contributed by atoms with E-state index in [1.807, 2.05) is 0 Å². The zero-order valence-corrected chi connectivity index (χ0v) is 11.7. The van der Waals surface area contributed by atoms with Gasteiger partial charge in [-0.2, -0.15) is 4.39 Å². The molecule has 1 unspecified atom stereocenters. The Kier molecular flexibility index (Phi) is 4.10. The predicted octanol–water partition coefficient (Wildman–Crippen LogP) is 1.06. The van der Waals surface area contributed by atoms with Crippen LogP contribution in [0.4, 0.5) is 4.39 Å². The lowest BCUT2D eigenvalue weighted by atomic mass is 10.1. The number of rotatable bonds is 3. The maximum absolute atomic E-state index is 13.4. The Morgan fingerprint density at radius 3 is 2.74 bits per heavy atom. The Labute approximate surface area is 115 Å². The number of H-pyrrole nitrogens is 1. The average Bonchev–Trinajstić information content (AvgIpc) is 2.81.